The Bertz CT molecular complexity index is 823. The number of carboxylic acids is 1. The minimum atomic E-state index is -1.12. The van der Waals surface area contributed by atoms with Crippen molar-refractivity contribution in [3.05, 3.63) is 57.7 Å². The zero-order valence-electron chi connectivity index (χ0n) is 10.1. The van der Waals surface area contributed by atoms with Gasteiger partial charge in [-0.25, -0.2) is 4.79 Å². The van der Waals surface area contributed by atoms with Crippen LogP contribution in [0, 0.1) is 0 Å². The monoisotopic (exact) mass is 350 g/mol. The summed E-state index contributed by atoms with van der Waals surface area (Å²) in [6.07, 6.45) is 0. The number of aromatic carboxylic acids is 1. The predicted molar refractivity (Wildman–Crippen MR) is 81.3 cm³/mol. The van der Waals surface area contributed by atoms with Crippen LogP contribution in [0.15, 0.2) is 51.4 Å². The van der Waals surface area contributed by atoms with E-state index in [2.05, 4.69) is 15.9 Å². The first-order valence-corrected chi connectivity index (χ1v) is 6.95. The molecule has 0 spiro atoms. The number of carbonyl (C=O) groups is 1. The van der Waals surface area contributed by atoms with Crippen molar-refractivity contribution in [1.29, 1.82) is 0 Å². The second-order valence-corrected chi connectivity index (χ2v) is 5.55. The van der Waals surface area contributed by atoms with Crippen molar-refractivity contribution in [3.63, 3.8) is 0 Å². The third-order valence-corrected chi connectivity index (χ3v) is 3.81. The molecule has 3 aromatic rings. The number of fused-ring (bicyclic) bond motifs is 1. The highest BCUT2D eigenvalue weighted by Crippen LogP contribution is 2.39. The first kappa shape index (κ1) is 13.2. The van der Waals surface area contributed by atoms with Crippen molar-refractivity contribution in [3.8, 4) is 11.1 Å². The molecule has 1 heterocycles. The van der Waals surface area contributed by atoms with E-state index in [1.54, 1.807) is 30.3 Å². The van der Waals surface area contributed by atoms with Crippen LogP contribution in [0.3, 0.4) is 0 Å². The number of rotatable bonds is 2. The largest absolute Gasteiger partial charge is 0.475 e. The fourth-order valence-electron chi connectivity index (χ4n) is 2.15. The van der Waals surface area contributed by atoms with Crippen molar-refractivity contribution in [2.24, 2.45) is 0 Å². The van der Waals surface area contributed by atoms with Crippen molar-refractivity contribution < 1.29 is 14.3 Å². The molecule has 0 radical (unpaired) electrons. The zero-order chi connectivity index (χ0) is 14.3. The van der Waals surface area contributed by atoms with E-state index in [4.69, 9.17) is 16.0 Å². The summed E-state index contributed by atoms with van der Waals surface area (Å²) in [5, 5.41) is 10.5. The van der Waals surface area contributed by atoms with Gasteiger partial charge in [0, 0.05) is 26.0 Å². The fourth-order valence-corrected chi connectivity index (χ4v) is 2.74. The lowest BCUT2D eigenvalue weighted by atomic mass is 10.0. The van der Waals surface area contributed by atoms with Gasteiger partial charge in [-0.1, -0.05) is 45.7 Å². The highest BCUT2D eigenvalue weighted by molar-refractivity contribution is 9.10. The minimum absolute atomic E-state index is 0.105. The minimum Gasteiger partial charge on any atom is -0.475 e. The SMILES string of the molecule is O=C(O)c1oc2ccc(Br)cc2c1-c1ccccc1Cl. The van der Waals surface area contributed by atoms with Crippen molar-refractivity contribution in [1.82, 2.24) is 0 Å². The average molecular weight is 352 g/mol. The lowest BCUT2D eigenvalue weighted by molar-refractivity contribution is 0.0666. The molecular weight excluding hydrogens is 344 g/mol. The molecule has 0 atom stereocenters. The van der Waals surface area contributed by atoms with Crippen LogP contribution in [0.1, 0.15) is 10.6 Å². The molecule has 0 unspecified atom stereocenters. The molecule has 1 N–H and O–H groups in total. The molecule has 0 fully saturated rings. The van der Waals surface area contributed by atoms with Gasteiger partial charge in [0.2, 0.25) is 5.76 Å². The van der Waals surface area contributed by atoms with Crippen LogP contribution in [0.4, 0.5) is 0 Å². The van der Waals surface area contributed by atoms with Crippen molar-refractivity contribution in [2.45, 2.75) is 0 Å². The predicted octanol–water partition coefficient (Wildman–Crippen LogP) is 5.21. The van der Waals surface area contributed by atoms with Crippen LogP contribution in [0.2, 0.25) is 5.02 Å². The van der Waals surface area contributed by atoms with Crippen LogP contribution in [0.5, 0.6) is 0 Å². The number of hydrogen-bond donors (Lipinski definition) is 1. The molecule has 100 valence electrons. The second-order valence-electron chi connectivity index (χ2n) is 4.23. The molecule has 3 rings (SSSR count). The summed E-state index contributed by atoms with van der Waals surface area (Å²) in [7, 11) is 0. The molecule has 0 aliphatic carbocycles. The molecule has 5 heteroatoms. The standard InChI is InChI=1S/C15H8BrClO3/c16-8-5-6-12-10(7-8)13(14(20-12)15(18)19)9-3-1-2-4-11(9)17/h1-7H,(H,18,19). The van der Waals surface area contributed by atoms with Crippen LogP contribution in [-0.4, -0.2) is 11.1 Å². The number of furan rings is 1. The van der Waals surface area contributed by atoms with Crippen molar-refractivity contribution in [2.75, 3.05) is 0 Å². The summed E-state index contributed by atoms with van der Waals surface area (Å²) in [5.74, 6) is -1.22. The van der Waals surface area contributed by atoms with Crippen LogP contribution in [-0.2, 0) is 0 Å². The van der Waals surface area contributed by atoms with Gasteiger partial charge in [-0.15, -0.1) is 0 Å². The number of carboxylic acid groups (broad SMARTS) is 1. The van der Waals surface area contributed by atoms with Gasteiger partial charge >= 0.3 is 5.97 Å². The Labute approximate surface area is 127 Å². The van der Waals surface area contributed by atoms with E-state index in [9.17, 15) is 9.90 Å². The third-order valence-electron chi connectivity index (χ3n) is 2.99. The summed E-state index contributed by atoms with van der Waals surface area (Å²) in [5.41, 5.74) is 1.66. The second kappa shape index (κ2) is 4.96. The Morgan fingerprint density at radius 1 is 1.20 bits per heavy atom. The highest BCUT2D eigenvalue weighted by Gasteiger charge is 2.22. The Morgan fingerprint density at radius 2 is 1.95 bits per heavy atom. The molecular formula is C15H8BrClO3. The Kier molecular flexibility index (Phi) is 3.28. The smallest absolute Gasteiger partial charge is 0.372 e. The van der Waals surface area contributed by atoms with Gasteiger partial charge in [0.15, 0.2) is 0 Å². The maximum atomic E-state index is 11.4. The molecule has 0 amide bonds. The van der Waals surface area contributed by atoms with Gasteiger partial charge in [-0.05, 0) is 24.3 Å². The highest BCUT2D eigenvalue weighted by atomic mass is 79.9. The van der Waals surface area contributed by atoms with Crippen LogP contribution in [0.25, 0.3) is 22.1 Å². The molecule has 0 saturated carbocycles. The molecule has 20 heavy (non-hydrogen) atoms. The maximum Gasteiger partial charge on any atom is 0.372 e. The molecule has 0 bridgehead atoms. The molecule has 2 aromatic carbocycles. The van der Waals surface area contributed by atoms with E-state index in [1.165, 1.54) is 0 Å². The molecule has 1 aromatic heterocycles. The summed E-state index contributed by atoms with van der Waals surface area (Å²) in [4.78, 5) is 11.4. The lowest BCUT2D eigenvalue weighted by Gasteiger charge is -2.03. The number of hydrogen-bond acceptors (Lipinski definition) is 2. The quantitative estimate of drug-likeness (QED) is 0.689. The summed E-state index contributed by atoms with van der Waals surface area (Å²) in [6.45, 7) is 0. The molecule has 0 aliphatic heterocycles. The first-order chi connectivity index (χ1) is 9.58. The van der Waals surface area contributed by atoms with Gasteiger partial charge in [-0.3, -0.25) is 0 Å². The first-order valence-electron chi connectivity index (χ1n) is 5.78. The van der Waals surface area contributed by atoms with Gasteiger partial charge < -0.3 is 9.52 Å². The van der Waals surface area contributed by atoms with Gasteiger partial charge in [0.1, 0.15) is 5.58 Å². The maximum absolute atomic E-state index is 11.4. The Hall–Kier alpha value is -1.78. The topological polar surface area (TPSA) is 50.4 Å². The number of benzene rings is 2. The van der Waals surface area contributed by atoms with E-state index < -0.39 is 5.97 Å². The number of halogens is 2. The van der Waals surface area contributed by atoms with Crippen LogP contribution >= 0.6 is 27.5 Å². The van der Waals surface area contributed by atoms with Gasteiger partial charge in [0.05, 0.1) is 0 Å². The van der Waals surface area contributed by atoms with E-state index in [-0.39, 0.29) is 5.76 Å². The lowest BCUT2D eigenvalue weighted by Crippen LogP contribution is -1.96. The van der Waals surface area contributed by atoms with E-state index >= 15 is 0 Å². The Morgan fingerprint density at radius 3 is 2.65 bits per heavy atom. The van der Waals surface area contributed by atoms with Gasteiger partial charge in [-0.2, -0.15) is 0 Å². The normalized spacial score (nSPS) is 10.9. The third kappa shape index (κ3) is 2.11. The van der Waals surface area contributed by atoms with Crippen molar-refractivity contribution >= 4 is 44.5 Å². The molecule has 0 saturated heterocycles. The fraction of sp³-hybridized carbons (Fsp3) is 0. The molecule has 3 nitrogen and oxygen atoms in total. The Balaban J connectivity index is 2.43. The van der Waals surface area contributed by atoms with Crippen LogP contribution < -0.4 is 0 Å². The van der Waals surface area contributed by atoms with E-state index in [1.807, 2.05) is 12.1 Å². The van der Waals surface area contributed by atoms with E-state index in [0.29, 0.717) is 27.1 Å². The zero-order valence-corrected chi connectivity index (χ0v) is 12.4. The molecule has 0 aliphatic rings. The summed E-state index contributed by atoms with van der Waals surface area (Å²) in [6, 6.07) is 12.5. The van der Waals surface area contributed by atoms with Gasteiger partial charge in [0.25, 0.3) is 0 Å². The average Bonchev–Trinajstić information content (AvgIpc) is 2.78. The summed E-state index contributed by atoms with van der Waals surface area (Å²) >= 11 is 9.57. The van der Waals surface area contributed by atoms with E-state index in [0.717, 1.165) is 4.47 Å². The summed E-state index contributed by atoms with van der Waals surface area (Å²) < 4.78 is 6.29.